The molecule has 2 heterocycles. The number of ether oxygens (including phenoxy) is 1. The van der Waals surface area contributed by atoms with E-state index in [1.54, 1.807) is 6.20 Å². The molecule has 0 aliphatic rings. The number of fused-ring (bicyclic) bond motifs is 1. The van der Waals surface area contributed by atoms with Crippen molar-refractivity contribution in [3.05, 3.63) is 36.7 Å². The van der Waals surface area contributed by atoms with Gasteiger partial charge in [0.05, 0.1) is 18.2 Å². The Morgan fingerprint density at radius 1 is 1.24 bits per heavy atom. The molecule has 3 rings (SSSR count). The van der Waals surface area contributed by atoms with Crippen LogP contribution in [-0.2, 0) is 13.1 Å². The van der Waals surface area contributed by atoms with Crippen LogP contribution in [-0.4, -0.2) is 25.4 Å². The third-order valence-electron chi connectivity index (χ3n) is 3.25. The van der Waals surface area contributed by atoms with Crippen LogP contribution in [0, 0.1) is 0 Å². The third kappa shape index (κ3) is 2.69. The molecule has 0 atom stereocenters. The number of imidazole rings is 1. The van der Waals surface area contributed by atoms with Gasteiger partial charge in [-0.3, -0.25) is 4.68 Å². The van der Waals surface area contributed by atoms with E-state index in [1.165, 1.54) is 0 Å². The van der Waals surface area contributed by atoms with Crippen molar-refractivity contribution in [1.29, 1.82) is 0 Å². The fraction of sp³-hybridized carbons (Fsp3) is 0.333. The van der Waals surface area contributed by atoms with Crippen molar-refractivity contribution in [2.75, 3.05) is 5.73 Å². The average molecular weight is 285 g/mol. The molecule has 0 saturated carbocycles. The Bertz CT molecular complexity index is 730. The van der Waals surface area contributed by atoms with E-state index in [1.807, 2.05) is 53.6 Å². The van der Waals surface area contributed by atoms with Gasteiger partial charge in [-0.25, -0.2) is 4.98 Å². The van der Waals surface area contributed by atoms with E-state index in [-0.39, 0.29) is 6.10 Å². The zero-order chi connectivity index (χ0) is 14.8. The first-order valence-corrected chi connectivity index (χ1v) is 7.04. The molecule has 0 unspecified atom stereocenters. The lowest BCUT2D eigenvalue weighted by Gasteiger charge is -2.10. The van der Waals surface area contributed by atoms with Gasteiger partial charge in [0.25, 0.3) is 0 Å². The Hall–Kier alpha value is -2.50. The van der Waals surface area contributed by atoms with Gasteiger partial charge in [-0.15, -0.1) is 0 Å². The van der Waals surface area contributed by atoms with Crippen LogP contribution >= 0.6 is 0 Å². The first-order chi connectivity index (χ1) is 10.1. The molecular weight excluding hydrogens is 266 g/mol. The summed E-state index contributed by atoms with van der Waals surface area (Å²) >= 11 is 0. The number of aryl methyl sites for hydroxylation is 2. The fourth-order valence-corrected chi connectivity index (χ4v) is 2.36. The van der Waals surface area contributed by atoms with E-state index in [2.05, 4.69) is 10.1 Å². The van der Waals surface area contributed by atoms with Gasteiger partial charge in [0.15, 0.2) is 0 Å². The summed E-state index contributed by atoms with van der Waals surface area (Å²) in [5, 5.41) is 4.20. The average Bonchev–Trinajstić information content (AvgIpc) is 3.04. The molecule has 6 nitrogen and oxygen atoms in total. The van der Waals surface area contributed by atoms with E-state index in [0.717, 1.165) is 29.9 Å². The zero-order valence-corrected chi connectivity index (χ0v) is 12.2. The molecule has 0 amide bonds. The van der Waals surface area contributed by atoms with Crippen molar-refractivity contribution in [2.45, 2.75) is 33.0 Å². The summed E-state index contributed by atoms with van der Waals surface area (Å²) < 4.78 is 9.66. The lowest BCUT2D eigenvalue weighted by Crippen LogP contribution is -2.10. The molecule has 0 spiro atoms. The van der Waals surface area contributed by atoms with Crippen molar-refractivity contribution in [1.82, 2.24) is 19.3 Å². The number of aromatic nitrogens is 4. The van der Waals surface area contributed by atoms with Crippen LogP contribution < -0.4 is 10.5 Å². The van der Waals surface area contributed by atoms with Crippen molar-refractivity contribution in [2.24, 2.45) is 0 Å². The normalized spacial score (nSPS) is 11.4. The first-order valence-electron chi connectivity index (χ1n) is 7.04. The Morgan fingerprint density at radius 3 is 2.81 bits per heavy atom. The molecule has 1 aromatic carbocycles. The molecular formula is C15H19N5O. The minimum absolute atomic E-state index is 0.103. The Labute approximate surface area is 123 Å². The summed E-state index contributed by atoms with van der Waals surface area (Å²) in [6.07, 6.45) is 3.80. The molecule has 3 aromatic rings. The number of anilines is 1. The number of nitrogens with zero attached hydrogens (tertiary/aromatic N) is 4. The molecule has 2 N–H and O–H groups in total. The molecule has 21 heavy (non-hydrogen) atoms. The molecule has 0 saturated heterocycles. The van der Waals surface area contributed by atoms with Gasteiger partial charge in [-0.05, 0) is 32.0 Å². The smallest absolute Gasteiger partial charge is 0.201 e. The van der Waals surface area contributed by atoms with Crippen molar-refractivity contribution >= 4 is 17.0 Å². The van der Waals surface area contributed by atoms with Gasteiger partial charge in [0.2, 0.25) is 5.95 Å². The largest absolute Gasteiger partial charge is 0.489 e. The standard InChI is InChI=1S/C15H19N5O/c1-11(2)21-13-6-3-5-12-14(13)18-15(16)20(12)10-9-19-8-4-7-17-19/h3-8,11H,9-10H2,1-2H3,(H2,16,18). The molecule has 0 radical (unpaired) electrons. The van der Waals surface area contributed by atoms with Crippen molar-refractivity contribution < 1.29 is 4.74 Å². The maximum absolute atomic E-state index is 6.06. The summed E-state index contributed by atoms with van der Waals surface area (Å²) in [7, 11) is 0. The van der Waals surface area contributed by atoms with Gasteiger partial charge >= 0.3 is 0 Å². The molecule has 0 bridgehead atoms. The van der Waals surface area contributed by atoms with E-state index in [4.69, 9.17) is 10.5 Å². The summed E-state index contributed by atoms with van der Waals surface area (Å²) in [5.41, 5.74) is 7.85. The van der Waals surface area contributed by atoms with Crippen molar-refractivity contribution in [3.8, 4) is 5.75 Å². The van der Waals surface area contributed by atoms with E-state index < -0.39 is 0 Å². The second kappa shape index (κ2) is 5.47. The summed E-state index contributed by atoms with van der Waals surface area (Å²) in [6.45, 7) is 5.46. The van der Waals surface area contributed by atoms with Crippen LogP contribution in [0.3, 0.4) is 0 Å². The highest BCUT2D eigenvalue weighted by molar-refractivity contribution is 5.84. The van der Waals surface area contributed by atoms with Gasteiger partial charge in [0.1, 0.15) is 11.3 Å². The van der Waals surface area contributed by atoms with Crippen LogP contribution in [0.5, 0.6) is 5.75 Å². The van der Waals surface area contributed by atoms with Crippen LogP contribution in [0.2, 0.25) is 0 Å². The summed E-state index contributed by atoms with van der Waals surface area (Å²) in [5.74, 6) is 1.27. The minimum atomic E-state index is 0.103. The number of rotatable bonds is 5. The predicted molar refractivity (Wildman–Crippen MR) is 82.1 cm³/mol. The SMILES string of the molecule is CC(C)Oc1cccc2c1nc(N)n2CCn1cccn1. The van der Waals surface area contributed by atoms with Crippen LogP contribution in [0.1, 0.15) is 13.8 Å². The third-order valence-corrected chi connectivity index (χ3v) is 3.25. The second-order valence-electron chi connectivity index (χ2n) is 5.18. The molecule has 110 valence electrons. The maximum atomic E-state index is 6.06. The second-order valence-corrected chi connectivity index (χ2v) is 5.18. The maximum Gasteiger partial charge on any atom is 0.201 e. The minimum Gasteiger partial charge on any atom is -0.489 e. The van der Waals surface area contributed by atoms with Gasteiger partial charge < -0.3 is 15.0 Å². The predicted octanol–water partition coefficient (Wildman–Crippen LogP) is 2.30. The Kier molecular flexibility index (Phi) is 3.51. The van der Waals surface area contributed by atoms with Crippen LogP contribution in [0.15, 0.2) is 36.7 Å². The number of hydrogen-bond donors (Lipinski definition) is 1. The van der Waals surface area contributed by atoms with Gasteiger partial charge in [-0.2, -0.15) is 5.10 Å². The highest BCUT2D eigenvalue weighted by atomic mass is 16.5. The Balaban J connectivity index is 1.93. The number of nitrogen functional groups attached to an aromatic ring is 1. The quantitative estimate of drug-likeness (QED) is 0.781. The monoisotopic (exact) mass is 285 g/mol. The molecule has 6 heteroatoms. The summed E-state index contributed by atoms with van der Waals surface area (Å²) in [4.78, 5) is 4.45. The number of benzene rings is 1. The fourth-order valence-electron chi connectivity index (χ4n) is 2.36. The van der Waals surface area contributed by atoms with Crippen molar-refractivity contribution in [3.63, 3.8) is 0 Å². The van der Waals surface area contributed by atoms with E-state index in [9.17, 15) is 0 Å². The number of hydrogen-bond acceptors (Lipinski definition) is 4. The van der Waals surface area contributed by atoms with Crippen LogP contribution in [0.4, 0.5) is 5.95 Å². The molecule has 0 fully saturated rings. The molecule has 0 aliphatic heterocycles. The number of nitrogens with two attached hydrogens (primary N) is 1. The van der Waals surface area contributed by atoms with Gasteiger partial charge in [-0.1, -0.05) is 6.07 Å². The lowest BCUT2D eigenvalue weighted by atomic mass is 10.3. The number of para-hydroxylation sites is 1. The van der Waals surface area contributed by atoms with Crippen LogP contribution in [0.25, 0.3) is 11.0 Å². The lowest BCUT2D eigenvalue weighted by molar-refractivity contribution is 0.245. The highest BCUT2D eigenvalue weighted by Gasteiger charge is 2.13. The van der Waals surface area contributed by atoms with E-state index in [0.29, 0.717) is 5.95 Å². The van der Waals surface area contributed by atoms with E-state index >= 15 is 0 Å². The Morgan fingerprint density at radius 2 is 2.10 bits per heavy atom. The summed E-state index contributed by atoms with van der Waals surface area (Å²) in [6, 6.07) is 7.80. The molecule has 2 aromatic heterocycles. The zero-order valence-electron chi connectivity index (χ0n) is 12.2. The molecule has 0 aliphatic carbocycles. The van der Waals surface area contributed by atoms with Gasteiger partial charge in [0, 0.05) is 18.9 Å². The first kappa shape index (κ1) is 13.5. The highest BCUT2D eigenvalue weighted by Crippen LogP contribution is 2.27. The topological polar surface area (TPSA) is 70.9 Å².